The van der Waals surface area contributed by atoms with Gasteiger partial charge >= 0.3 is 0 Å². The highest BCUT2D eigenvalue weighted by Gasteiger charge is 2.20. The summed E-state index contributed by atoms with van der Waals surface area (Å²) in [6.07, 6.45) is 6.37. The van der Waals surface area contributed by atoms with E-state index < -0.39 is 0 Å². The average Bonchev–Trinajstić information content (AvgIpc) is 3.38. The summed E-state index contributed by atoms with van der Waals surface area (Å²) in [5.74, 6) is -0.0417. The zero-order chi connectivity index (χ0) is 44.3. The third-order valence-corrected chi connectivity index (χ3v) is 11.6. The molecule has 1 nitrogen and oxygen atoms in total. The predicted molar refractivity (Wildman–Crippen MR) is 274 cm³/mol. The van der Waals surface area contributed by atoms with Gasteiger partial charge < -0.3 is 0 Å². The summed E-state index contributed by atoms with van der Waals surface area (Å²) in [7, 11) is 0. The minimum absolute atomic E-state index is 0.0417. The van der Waals surface area contributed by atoms with Crippen LogP contribution in [0.2, 0.25) is 0 Å². The first-order valence-corrected chi connectivity index (χ1v) is 22.3. The van der Waals surface area contributed by atoms with Crippen molar-refractivity contribution >= 4 is 11.4 Å². The van der Waals surface area contributed by atoms with Gasteiger partial charge in [-0.15, -0.1) is 0 Å². The van der Waals surface area contributed by atoms with E-state index in [1.807, 2.05) is 39.0 Å². The Morgan fingerprint density at radius 2 is 0.609 bits per heavy atom. The number of hydrogen-bond acceptors (Lipinski definition) is 1. The molecule has 64 heavy (non-hydrogen) atoms. The summed E-state index contributed by atoms with van der Waals surface area (Å²) in [6.45, 7) is 8.12. The Bertz CT molecular complexity index is 2980. The van der Waals surface area contributed by atoms with Gasteiger partial charge in [-0.3, -0.25) is 4.79 Å². The van der Waals surface area contributed by atoms with Gasteiger partial charge in [-0.25, -0.2) is 0 Å². The van der Waals surface area contributed by atoms with Gasteiger partial charge in [-0.05, 0) is 139 Å². The zero-order valence-corrected chi connectivity index (χ0v) is 37.0. The zero-order valence-electron chi connectivity index (χ0n) is 37.0. The number of benzene rings is 9. The van der Waals surface area contributed by atoms with E-state index in [4.69, 9.17) is 0 Å². The lowest BCUT2D eigenvalue weighted by Crippen LogP contribution is -2.04. The molecule has 0 aliphatic rings. The molecule has 9 aromatic carbocycles. The van der Waals surface area contributed by atoms with E-state index in [1.165, 1.54) is 0 Å². The van der Waals surface area contributed by atoms with Crippen LogP contribution in [0, 0.1) is 0 Å². The molecule has 0 radical (unpaired) electrons. The van der Waals surface area contributed by atoms with Crippen molar-refractivity contribution in [2.45, 2.75) is 27.7 Å². The first-order chi connectivity index (χ1) is 31.6. The second-order valence-corrected chi connectivity index (χ2v) is 15.5. The van der Waals surface area contributed by atoms with Crippen molar-refractivity contribution in [3.63, 3.8) is 0 Å². The SMILES string of the molecule is C/C=C\C(=C/C)c1ccccc1-c1cc(C(=O)c2cc(-c3ccccc3-c3ccccc3)cc(-c3ccccc3-c3ccccc3)c2)cc(-c2ccccc2-c2ccccc2)c1.CC. The maximum atomic E-state index is 15.6. The summed E-state index contributed by atoms with van der Waals surface area (Å²) in [4.78, 5) is 15.6. The Kier molecular flexibility index (Phi) is 13.6. The lowest BCUT2D eigenvalue weighted by molar-refractivity contribution is 0.103. The van der Waals surface area contributed by atoms with E-state index in [2.05, 4.69) is 231 Å². The number of carbonyl (C=O) groups excluding carboxylic acids is 1. The first kappa shape index (κ1) is 42.8. The van der Waals surface area contributed by atoms with Crippen molar-refractivity contribution in [2.75, 3.05) is 0 Å². The van der Waals surface area contributed by atoms with E-state index in [-0.39, 0.29) is 5.78 Å². The summed E-state index contributed by atoms with van der Waals surface area (Å²) >= 11 is 0. The standard InChI is InChI=1S/C61H46O.C2H6/c1-3-22-43(4-2)53-29-14-18-33-57(53)47-37-48(58-34-19-15-30-54(58)44-23-8-5-9-24-44)40-51(39-47)61(62)52-41-49(59-35-20-16-31-55(59)45-25-10-6-11-26-45)38-50(42-52)60-36-21-17-32-56(60)46-27-12-7-13-28-46;1-2/h3-42H,1-2H3;1-2H3/b22-3-,43-4+;. The highest BCUT2D eigenvalue weighted by Crippen LogP contribution is 2.41. The number of allylic oxidation sites excluding steroid dienone is 4. The molecule has 1 heteroatoms. The summed E-state index contributed by atoms with van der Waals surface area (Å²) in [6, 6.07) is 78.3. The molecule has 310 valence electrons. The fourth-order valence-electron chi connectivity index (χ4n) is 8.63. The van der Waals surface area contributed by atoms with Crippen molar-refractivity contribution in [1.29, 1.82) is 0 Å². The molecule has 9 aromatic rings. The normalized spacial score (nSPS) is 11.2. The number of carbonyl (C=O) groups is 1. The van der Waals surface area contributed by atoms with E-state index in [1.54, 1.807) is 0 Å². The molecule has 0 aliphatic carbocycles. The molecule has 0 saturated carbocycles. The Morgan fingerprint density at radius 1 is 0.328 bits per heavy atom. The highest BCUT2D eigenvalue weighted by atomic mass is 16.1. The Labute approximate surface area is 379 Å². The molecule has 0 spiro atoms. The number of hydrogen-bond donors (Lipinski definition) is 0. The molecule has 0 heterocycles. The fraction of sp³-hybridized carbons (Fsp3) is 0.0635. The summed E-state index contributed by atoms with van der Waals surface area (Å²) in [5.41, 5.74) is 18.4. The maximum absolute atomic E-state index is 15.6. The van der Waals surface area contributed by atoms with E-state index in [0.717, 1.165) is 89.0 Å². The van der Waals surface area contributed by atoms with E-state index in [0.29, 0.717) is 11.1 Å². The molecular weight excluding hydrogens is 773 g/mol. The number of rotatable bonds is 11. The molecule has 0 N–H and O–H groups in total. The van der Waals surface area contributed by atoms with Crippen molar-refractivity contribution in [3.05, 3.63) is 259 Å². The van der Waals surface area contributed by atoms with Crippen LogP contribution in [0.15, 0.2) is 243 Å². The lowest BCUT2D eigenvalue weighted by atomic mass is 9.85. The largest absolute Gasteiger partial charge is 0.289 e. The van der Waals surface area contributed by atoms with Crippen LogP contribution < -0.4 is 0 Å². The van der Waals surface area contributed by atoms with Crippen LogP contribution >= 0.6 is 0 Å². The molecule has 0 fully saturated rings. The third-order valence-electron chi connectivity index (χ3n) is 11.6. The Morgan fingerprint density at radius 3 is 0.938 bits per heavy atom. The van der Waals surface area contributed by atoms with Crippen LogP contribution in [0.1, 0.15) is 49.2 Å². The Balaban J connectivity index is 0.00000276. The van der Waals surface area contributed by atoms with Gasteiger partial charge in [0.1, 0.15) is 0 Å². The quantitative estimate of drug-likeness (QED) is 0.0938. The second kappa shape index (κ2) is 20.3. The van der Waals surface area contributed by atoms with E-state index >= 15 is 4.79 Å². The molecular formula is C63H52O. The first-order valence-electron chi connectivity index (χ1n) is 22.3. The van der Waals surface area contributed by atoms with Gasteiger partial charge in [-0.1, -0.05) is 220 Å². The van der Waals surface area contributed by atoms with Crippen LogP contribution in [0.4, 0.5) is 0 Å². The predicted octanol–water partition coefficient (Wildman–Crippen LogP) is 17.6. The summed E-state index contributed by atoms with van der Waals surface area (Å²) in [5, 5.41) is 0. The number of ketones is 1. The third kappa shape index (κ3) is 9.16. The lowest BCUT2D eigenvalue weighted by Gasteiger charge is -2.18. The van der Waals surface area contributed by atoms with Gasteiger partial charge in [0.15, 0.2) is 5.78 Å². The molecule has 0 unspecified atom stereocenters. The van der Waals surface area contributed by atoms with Crippen LogP contribution in [-0.4, -0.2) is 5.78 Å². The minimum Gasteiger partial charge on any atom is -0.289 e. The van der Waals surface area contributed by atoms with Crippen LogP contribution in [-0.2, 0) is 0 Å². The van der Waals surface area contributed by atoms with Crippen molar-refractivity contribution in [2.24, 2.45) is 0 Å². The van der Waals surface area contributed by atoms with Gasteiger partial charge in [0.25, 0.3) is 0 Å². The van der Waals surface area contributed by atoms with Crippen molar-refractivity contribution < 1.29 is 4.79 Å². The van der Waals surface area contributed by atoms with Gasteiger partial charge in [0.2, 0.25) is 0 Å². The molecule has 9 rings (SSSR count). The van der Waals surface area contributed by atoms with E-state index in [9.17, 15) is 0 Å². The second-order valence-electron chi connectivity index (χ2n) is 15.5. The van der Waals surface area contributed by atoms with Gasteiger partial charge in [-0.2, -0.15) is 0 Å². The van der Waals surface area contributed by atoms with Crippen molar-refractivity contribution in [1.82, 2.24) is 0 Å². The average molecular weight is 825 g/mol. The van der Waals surface area contributed by atoms with Gasteiger partial charge in [0, 0.05) is 11.1 Å². The molecule has 0 atom stereocenters. The van der Waals surface area contributed by atoms with Crippen molar-refractivity contribution in [3.8, 4) is 77.9 Å². The summed E-state index contributed by atoms with van der Waals surface area (Å²) < 4.78 is 0. The van der Waals surface area contributed by atoms with Crippen LogP contribution in [0.5, 0.6) is 0 Å². The molecule has 0 aromatic heterocycles. The molecule has 0 saturated heterocycles. The maximum Gasteiger partial charge on any atom is 0.193 e. The fourth-order valence-corrected chi connectivity index (χ4v) is 8.63. The molecule has 0 bridgehead atoms. The van der Waals surface area contributed by atoms with Crippen LogP contribution in [0.25, 0.3) is 83.5 Å². The highest BCUT2D eigenvalue weighted by molar-refractivity contribution is 6.12. The smallest absolute Gasteiger partial charge is 0.193 e. The minimum atomic E-state index is -0.0417. The topological polar surface area (TPSA) is 17.1 Å². The van der Waals surface area contributed by atoms with Gasteiger partial charge in [0.05, 0.1) is 0 Å². The van der Waals surface area contributed by atoms with Crippen LogP contribution in [0.3, 0.4) is 0 Å². The molecule has 0 aliphatic heterocycles. The monoisotopic (exact) mass is 824 g/mol. The molecule has 0 amide bonds. The Hall–Kier alpha value is -7.87.